The molecule has 2 aliphatic heterocycles. The topological polar surface area (TPSA) is 97.4 Å². The van der Waals surface area contributed by atoms with Crippen molar-refractivity contribution in [2.45, 2.75) is 87.7 Å². The normalized spacial score (nSPS) is 25.4. The second-order valence-corrected chi connectivity index (χ2v) is 14.5. The third-order valence-electron chi connectivity index (χ3n) is 9.69. The molecule has 3 aliphatic rings. The Hall–Kier alpha value is -2.50. The first-order chi connectivity index (χ1) is 21.2. The van der Waals surface area contributed by atoms with E-state index in [0.29, 0.717) is 34.7 Å². The molecular weight excluding hydrogens is 578 g/mol. The van der Waals surface area contributed by atoms with Gasteiger partial charge in [0.1, 0.15) is 12.4 Å². The van der Waals surface area contributed by atoms with Crippen molar-refractivity contribution in [3.63, 3.8) is 0 Å². The summed E-state index contributed by atoms with van der Waals surface area (Å²) in [4.78, 5) is 15.9. The second-order valence-electron chi connectivity index (χ2n) is 12.7. The molecule has 10 heteroatoms. The van der Waals surface area contributed by atoms with Crippen LogP contribution in [0.1, 0.15) is 61.6 Å². The molecule has 1 aliphatic carbocycles. The second kappa shape index (κ2) is 14.7. The Morgan fingerprint density at radius 3 is 2.34 bits per heavy atom. The zero-order valence-corrected chi connectivity index (χ0v) is 27.4. The fourth-order valence-corrected chi connectivity index (χ4v) is 9.58. The van der Waals surface area contributed by atoms with Crippen LogP contribution in [0, 0.1) is 13.8 Å². The van der Waals surface area contributed by atoms with Crippen LogP contribution in [-0.4, -0.2) is 94.3 Å². The molecule has 2 aromatic carbocycles. The molecule has 1 amide bonds. The van der Waals surface area contributed by atoms with Crippen LogP contribution in [0.25, 0.3) is 0 Å². The van der Waals surface area contributed by atoms with Crippen molar-refractivity contribution in [2.24, 2.45) is 0 Å². The Morgan fingerprint density at radius 1 is 1.00 bits per heavy atom. The summed E-state index contributed by atoms with van der Waals surface area (Å²) in [6, 6.07) is 14.0. The van der Waals surface area contributed by atoms with Gasteiger partial charge in [0, 0.05) is 37.3 Å². The van der Waals surface area contributed by atoms with Crippen LogP contribution < -0.4 is 10.1 Å². The molecule has 1 N–H and O–H groups in total. The van der Waals surface area contributed by atoms with Crippen LogP contribution in [0.3, 0.4) is 0 Å². The average molecular weight is 628 g/mol. The monoisotopic (exact) mass is 627 g/mol. The third-order valence-corrected chi connectivity index (χ3v) is 12.0. The van der Waals surface area contributed by atoms with E-state index >= 15 is 0 Å². The number of nitrogens with one attached hydrogen (secondary N) is 1. The molecule has 9 nitrogen and oxygen atoms in total. The maximum atomic E-state index is 13.8. The first-order valence-electron chi connectivity index (χ1n) is 16.1. The third kappa shape index (κ3) is 7.65. The van der Waals surface area contributed by atoms with Crippen molar-refractivity contribution < 1.29 is 27.4 Å². The Morgan fingerprint density at radius 2 is 1.68 bits per heavy atom. The molecule has 2 heterocycles. The van der Waals surface area contributed by atoms with E-state index in [-0.39, 0.29) is 36.7 Å². The molecule has 1 unspecified atom stereocenters. The zero-order valence-electron chi connectivity index (χ0n) is 26.6. The van der Waals surface area contributed by atoms with E-state index in [4.69, 9.17) is 14.2 Å². The van der Waals surface area contributed by atoms with Gasteiger partial charge in [-0.15, -0.1) is 0 Å². The van der Waals surface area contributed by atoms with E-state index < -0.39 is 10.0 Å². The molecule has 242 valence electrons. The van der Waals surface area contributed by atoms with Crippen LogP contribution in [-0.2, 0) is 30.7 Å². The highest BCUT2D eigenvalue weighted by atomic mass is 32.2. The lowest BCUT2D eigenvalue weighted by Gasteiger charge is -2.50. The average Bonchev–Trinajstić information content (AvgIpc) is 3.02. The molecular formula is C34H49N3O6S. The highest BCUT2D eigenvalue weighted by Crippen LogP contribution is 2.37. The SMILES string of the molecule is COc1cc(C)c(S(=O)(=O)N2CCCCC2COCC(=O)NC2CCC(Cc3ccccc3)(N3CCOCC3)CC2)c(C)c1. The summed E-state index contributed by atoms with van der Waals surface area (Å²) in [6.07, 6.45) is 7.34. The highest BCUT2D eigenvalue weighted by Gasteiger charge is 2.41. The van der Waals surface area contributed by atoms with Crippen LogP contribution >= 0.6 is 0 Å². The number of hydrogen-bond acceptors (Lipinski definition) is 7. The molecule has 5 rings (SSSR count). The van der Waals surface area contributed by atoms with Crippen molar-refractivity contribution in [1.29, 1.82) is 0 Å². The first kappa shape index (κ1) is 32.9. The van der Waals surface area contributed by atoms with Crippen molar-refractivity contribution in [2.75, 3.05) is 53.2 Å². The zero-order chi connectivity index (χ0) is 31.2. The number of hydrogen-bond donors (Lipinski definition) is 1. The Balaban J connectivity index is 1.14. The smallest absolute Gasteiger partial charge is 0.246 e. The number of morpholine rings is 1. The van der Waals surface area contributed by atoms with Gasteiger partial charge in [0.25, 0.3) is 0 Å². The number of rotatable bonds is 11. The molecule has 0 bridgehead atoms. The van der Waals surface area contributed by atoms with Gasteiger partial charge in [-0.3, -0.25) is 9.69 Å². The highest BCUT2D eigenvalue weighted by molar-refractivity contribution is 7.89. The maximum absolute atomic E-state index is 13.8. The standard InChI is InChI=1S/C34H49N3O6S/c1-26-21-31(41-3)22-27(2)33(26)44(39,40)37-16-8-7-11-30(37)24-43-25-32(38)35-29-12-14-34(15-13-29,36-17-19-42-20-18-36)23-28-9-5-4-6-10-28/h4-6,9-10,21-22,29-30H,7-8,11-20,23-25H2,1-3H3,(H,35,38). The molecule has 1 atom stereocenters. The van der Waals surface area contributed by atoms with Crippen molar-refractivity contribution in [1.82, 2.24) is 14.5 Å². The van der Waals surface area contributed by atoms with E-state index in [1.807, 2.05) is 0 Å². The minimum Gasteiger partial charge on any atom is -0.497 e. The molecule has 3 fully saturated rings. The summed E-state index contributed by atoms with van der Waals surface area (Å²) in [6.45, 7) is 7.62. The van der Waals surface area contributed by atoms with Crippen LogP contribution in [0.2, 0.25) is 0 Å². The van der Waals surface area contributed by atoms with Crippen molar-refractivity contribution in [3.05, 3.63) is 59.2 Å². The number of methoxy groups -OCH3 is 1. The number of benzene rings is 2. The van der Waals surface area contributed by atoms with E-state index in [0.717, 1.165) is 71.2 Å². The number of aryl methyl sites for hydroxylation is 2. The van der Waals surface area contributed by atoms with Gasteiger partial charge in [0.15, 0.2) is 0 Å². The molecule has 2 saturated heterocycles. The Bertz CT molecular complexity index is 1330. The molecule has 0 radical (unpaired) electrons. The van der Waals surface area contributed by atoms with Gasteiger partial charge in [-0.2, -0.15) is 4.31 Å². The maximum Gasteiger partial charge on any atom is 0.246 e. The van der Waals surface area contributed by atoms with Gasteiger partial charge >= 0.3 is 0 Å². The fourth-order valence-electron chi connectivity index (χ4n) is 7.48. The van der Waals surface area contributed by atoms with Gasteiger partial charge in [-0.1, -0.05) is 36.8 Å². The summed E-state index contributed by atoms with van der Waals surface area (Å²) in [7, 11) is -2.15. The molecule has 44 heavy (non-hydrogen) atoms. The summed E-state index contributed by atoms with van der Waals surface area (Å²) in [5, 5.41) is 3.20. The van der Waals surface area contributed by atoms with Crippen LogP contribution in [0.5, 0.6) is 5.75 Å². The number of amides is 1. The summed E-state index contributed by atoms with van der Waals surface area (Å²) in [5.41, 5.74) is 2.77. The quantitative estimate of drug-likeness (QED) is 0.398. The van der Waals surface area contributed by atoms with E-state index in [9.17, 15) is 13.2 Å². The van der Waals surface area contributed by atoms with Crippen molar-refractivity contribution in [3.8, 4) is 5.75 Å². The van der Waals surface area contributed by atoms with Gasteiger partial charge in [0.2, 0.25) is 15.9 Å². The molecule has 1 saturated carbocycles. The number of sulfonamides is 1. The molecule has 2 aromatic rings. The number of carbonyl (C=O) groups is 1. The van der Waals surface area contributed by atoms with Gasteiger partial charge in [-0.25, -0.2) is 8.42 Å². The first-order valence-corrected chi connectivity index (χ1v) is 17.6. The predicted octanol–water partition coefficient (Wildman–Crippen LogP) is 4.24. The number of ether oxygens (including phenoxy) is 3. The lowest BCUT2D eigenvalue weighted by atomic mass is 9.74. The number of carbonyl (C=O) groups excluding carboxylic acids is 1. The van der Waals surface area contributed by atoms with Crippen LogP contribution in [0.15, 0.2) is 47.4 Å². The van der Waals surface area contributed by atoms with E-state index in [2.05, 4.69) is 40.5 Å². The minimum atomic E-state index is -3.73. The Kier molecular flexibility index (Phi) is 11.0. The Labute approximate surface area is 263 Å². The molecule has 0 aromatic heterocycles. The van der Waals surface area contributed by atoms with Gasteiger partial charge in [-0.05, 0) is 87.6 Å². The summed E-state index contributed by atoms with van der Waals surface area (Å²) < 4.78 is 46.1. The summed E-state index contributed by atoms with van der Waals surface area (Å²) in [5.74, 6) is 0.508. The predicted molar refractivity (Wildman–Crippen MR) is 170 cm³/mol. The van der Waals surface area contributed by atoms with Gasteiger partial charge in [0.05, 0.1) is 31.8 Å². The lowest BCUT2D eigenvalue weighted by Crippen LogP contribution is -2.58. The minimum absolute atomic E-state index is 0.0693. The van der Waals surface area contributed by atoms with Crippen molar-refractivity contribution >= 4 is 15.9 Å². The fraction of sp³-hybridized carbons (Fsp3) is 0.618. The molecule has 0 spiro atoms. The summed E-state index contributed by atoms with van der Waals surface area (Å²) >= 11 is 0. The van der Waals surface area contributed by atoms with Gasteiger partial charge < -0.3 is 19.5 Å². The van der Waals surface area contributed by atoms with Crippen LogP contribution in [0.4, 0.5) is 0 Å². The number of piperidine rings is 1. The van der Waals surface area contributed by atoms with E-state index in [1.165, 1.54) is 5.56 Å². The van der Waals surface area contributed by atoms with E-state index in [1.54, 1.807) is 37.4 Å². The largest absolute Gasteiger partial charge is 0.497 e. The number of nitrogens with zero attached hydrogens (tertiary/aromatic N) is 2. The lowest BCUT2D eigenvalue weighted by molar-refractivity contribution is -0.127.